The molecule has 4 rings (SSSR count). The molecular formula is C24H22F6N4O2S. The predicted molar refractivity (Wildman–Crippen MR) is 123 cm³/mol. The standard InChI is InChI=1S/C24H22F6N4O2S/c1-14(23(25,26)27)33-37(35,36)18-9-7-15(8-10-18)21-20(12-31)19-11-16(24(28,29)30)13-32-22(19)34(21)17-5-3-2-4-6-17/h7-11,13-14,17,33H,2-6H2,1H3/t14-/m0/s1. The molecule has 0 bridgehead atoms. The lowest BCUT2D eigenvalue weighted by molar-refractivity contribution is -0.147. The molecule has 37 heavy (non-hydrogen) atoms. The smallest absolute Gasteiger partial charge is 0.321 e. The molecule has 0 aliphatic heterocycles. The van der Waals surface area contributed by atoms with E-state index in [0.29, 0.717) is 12.5 Å². The third-order valence-electron chi connectivity index (χ3n) is 6.48. The quantitative estimate of drug-likeness (QED) is 0.381. The van der Waals surface area contributed by atoms with Gasteiger partial charge in [-0.2, -0.15) is 36.3 Å². The summed E-state index contributed by atoms with van der Waals surface area (Å²) in [6, 6.07) is 5.24. The third kappa shape index (κ3) is 5.31. The van der Waals surface area contributed by atoms with Crippen LogP contribution in [0.1, 0.15) is 56.2 Å². The Kier molecular flexibility index (Phi) is 7.02. The number of nitrogens with zero attached hydrogens (tertiary/aromatic N) is 3. The summed E-state index contributed by atoms with van der Waals surface area (Å²) in [5.74, 6) is 0. The maximum atomic E-state index is 13.4. The Hall–Kier alpha value is -3.11. The number of alkyl halides is 6. The van der Waals surface area contributed by atoms with E-state index >= 15 is 0 Å². The average molecular weight is 545 g/mol. The monoisotopic (exact) mass is 544 g/mol. The van der Waals surface area contributed by atoms with E-state index in [4.69, 9.17) is 0 Å². The van der Waals surface area contributed by atoms with E-state index in [9.17, 15) is 40.0 Å². The highest BCUT2D eigenvalue weighted by atomic mass is 32.2. The fourth-order valence-electron chi connectivity index (χ4n) is 4.59. The molecular weight excluding hydrogens is 522 g/mol. The topological polar surface area (TPSA) is 87.8 Å². The number of hydrogen-bond donors (Lipinski definition) is 1. The molecule has 3 aromatic rings. The molecule has 0 amide bonds. The van der Waals surface area contributed by atoms with Gasteiger partial charge in [-0.1, -0.05) is 31.4 Å². The van der Waals surface area contributed by atoms with Crippen LogP contribution in [0.4, 0.5) is 26.3 Å². The van der Waals surface area contributed by atoms with Crippen molar-refractivity contribution in [3.8, 4) is 17.3 Å². The number of rotatable bonds is 5. The number of fused-ring (bicyclic) bond motifs is 1. The molecule has 1 saturated carbocycles. The number of benzene rings is 1. The summed E-state index contributed by atoms with van der Waals surface area (Å²) < 4.78 is 107. The second-order valence-corrected chi connectivity index (χ2v) is 10.7. The highest BCUT2D eigenvalue weighted by molar-refractivity contribution is 7.89. The lowest BCUT2D eigenvalue weighted by Gasteiger charge is -2.26. The summed E-state index contributed by atoms with van der Waals surface area (Å²) >= 11 is 0. The molecule has 1 fully saturated rings. The number of hydrogen-bond acceptors (Lipinski definition) is 4. The van der Waals surface area contributed by atoms with Gasteiger partial charge in [-0.3, -0.25) is 0 Å². The van der Waals surface area contributed by atoms with Crippen molar-refractivity contribution in [3.63, 3.8) is 0 Å². The van der Waals surface area contributed by atoms with E-state index in [2.05, 4.69) is 4.98 Å². The maximum Gasteiger partial charge on any atom is 0.417 e. The van der Waals surface area contributed by atoms with E-state index in [0.717, 1.165) is 56.5 Å². The van der Waals surface area contributed by atoms with E-state index in [1.165, 1.54) is 12.1 Å². The van der Waals surface area contributed by atoms with E-state index in [1.807, 2.05) is 6.07 Å². The van der Waals surface area contributed by atoms with Crippen LogP contribution in [0.3, 0.4) is 0 Å². The molecule has 6 nitrogen and oxygen atoms in total. The molecule has 1 aliphatic rings. The summed E-state index contributed by atoms with van der Waals surface area (Å²) in [5, 5.41) is 9.98. The van der Waals surface area contributed by atoms with Crippen molar-refractivity contribution in [2.75, 3.05) is 0 Å². The molecule has 198 valence electrons. The van der Waals surface area contributed by atoms with Crippen LogP contribution in [0.5, 0.6) is 0 Å². The first kappa shape index (κ1) is 26.9. The highest BCUT2D eigenvalue weighted by Crippen LogP contribution is 2.41. The minimum absolute atomic E-state index is 0.0234. The van der Waals surface area contributed by atoms with Crippen molar-refractivity contribution >= 4 is 21.1 Å². The zero-order valence-electron chi connectivity index (χ0n) is 19.5. The molecule has 0 saturated heterocycles. The van der Waals surface area contributed by atoms with Gasteiger partial charge in [0.05, 0.1) is 21.7 Å². The first-order valence-corrected chi connectivity index (χ1v) is 12.9. The van der Waals surface area contributed by atoms with Gasteiger partial charge in [0.25, 0.3) is 0 Å². The summed E-state index contributed by atoms with van der Waals surface area (Å²) in [5.41, 5.74) is -0.217. The van der Waals surface area contributed by atoms with Gasteiger partial charge < -0.3 is 4.57 Å². The lowest BCUT2D eigenvalue weighted by atomic mass is 9.94. The summed E-state index contributed by atoms with van der Waals surface area (Å²) in [6.45, 7) is 0.677. The molecule has 0 radical (unpaired) electrons. The summed E-state index contributed by atoms with van der Waals surface area (Å²) in [4.78, 5) is 3.64. The molecule has 13 heteroatoms. The Morgan fingerprint density at radius 3 is 2.24 bits per heavy atom. The van der Waals surface area contributed by atoms with Crippen molar-refractivity contribution < 1.29 is 34.8 Å². The average Bonchev–Trinajstić information content (AvgIpc) is 3.17. The zero-order valence-corrected chi connectivity index (χ0v) is 20.3. The number of sulfonamides is 1. The van der Waals surface area contributed by atoms with E-state index in [1.54, 1.807) is 9.29 Å². The van der Waals surface area contributed by atoms with Crippen LogP contribution in [0.15, 0.2) is 41.4 Å². The van der Waals surface area contributed by atoms with Crippen LogP contribution in [0.25, 0.3) is 22.3 Å². The Labute approximate surface area is 209 Å². The van der Waals surface area contributed by atoms with E-state index < -0.39 is 38.9 Å². The summed E-state index contributed by atoms with van der Waals surface area (Å²) in [6.07, 6.45) is -4.53. The molecule has 0 unspecified atom stereocenters. The van der Waals surface area contributed by atoms with Crippen molar-refractivity contribution in [2.24, 2.45) is 0 Å². The molecule has 2 aromatic heterocycles. The van der Waals surface area contributed by atoms with Crippen molar-refractivity contribution in [3.05, 3.63) is 47.7 Å². The molecule has 2 heterocycles. The van der Waals surface area contributed by atoms with Crippen LogP contribution < -0.4 is 4.72 Å². The van der Waals surface area contributed by atoms with Gasteiger partial charge in [0.1, 0.15) is 17.8 Å². The van der Waals surface area contributed by atoms with Gasteiger partial charge >= 0.3 is 12.4 Å². The number of nitrogens with one attached hydrogen (secondary N) is 1. The van der Waals surface area contributed by atoms with Crippen LogP contribution in [0, 0.1) is 11.3 Å². The van der Waals surface area contributed by atoms with Crippen LogP contribution in [0.2, 0.25) is 0 Å². The second-order valence-electron chi connectivity index (χ2n) is 9.00. The highest BCUT2D eigenvalue weighted by Gasteiger charge is 2.39. The van der Waals surface area contributed by atoms with Crippen LogP contribution >= 0.6 is 0 Å². The SMILES string of the molecule is C[C@H](NS(=O)(=O)c1ccc(-c2c(C#N)c3cc(C(F)(F)F)cnc3n2C2CCCCC2)cc1)C(F)(F)F. The fourth-order valence-corrected chi connectivity index (χ4v) is 5.82. The Morgan fingerprint density at radius 1 is 1.08 bits per heavy atom. The minimum atomic E-state index is -4.78. The Bertz CT molecular complexity index is 1450. The first-order chi connectivity index (χ1) is 17.2. The Balaban J connectivity index is 1.86. The number of halogens is 6. The summed E-state index contributed by atoms with van der Waals surface area (Å²) in [7, 11) is -4.51. The molecule has 1 atom stereocenters. The largest absolute Gasteiger partial charge is 0.417 e. The predicted octanol–water partition coefficient (Wildman–Crippen LogP) is 6.33. The van der Waals surface area contributed by atoms with Crippen molar-refractivity contribution in [1.82, 2.24) is 14.3 Å². The molecule has 1 aliphatic carbocycles. The van der Waals surface area contributed by atoms with Gasteiger partial charge in [-0.25, -0.2) is 13.4 Å². The normalized spacial score (nSPS) is 16.6. The number of aromatic nitrogens is 2. The van der Waals surface area contributed by atoms with Gasteiger partial charge in [0.15, 0.2) is 0 Å². The molecule has 0 spiro atoms. The molecule has 1 aromatic carbocycles. The van der Waals surface area contributed by atoms with E-state index in [-0.39, 0.29) is 28.3 Å². The maximum absolute atomic E-state index is 13.4. The minimum Gasteiger partial charge on any atom is -0.321 e. The molecule has 1 N–H and O–H groups in total. The zero-order chi connectivity index (χ0) is 27.2. The Morgan fingerprint density at radius 2 is 1.70 bits per heavy atom. The second kappa shape index (κ2) is 9.64. The number of pyridine rings is 1. The van der Waals surface area contributed by atoms with Gasteiger partial charge in [0.2, 0.25) is 10.0 Å². The fraction of sp³-hybridized carbons (Fsp3) is 0.417. The number of nitriles is 1. The first-order valence-electron chi connectivity index (χ1n) is 11.4. The third-order valence-corrected chi connectivity index (χ3v) is 8.04. The van der Waals surface area contributed by atoms with Crippen LogP contribution in [-0.4, -0.2) is 30.2 Å². The van der Waals surface area contributed by atoms with Gasteiger partial charge in [0, 0.05) is 17.6 Å². The van der Waals surface area contributed by atoms with Gasteiger partial charge in [-0.15, -0.1) is 0 Å². The van der Waals surface area contributed by atoms with Crippen molar-refractivity contribution in [1.29, 1.82) is 5.26 Å². The van der Waals surface area contributed by atoms with Crippen molar-refractivity contribution in [2.45, 2.75) is 68.4 Å². The van der Waals surface area contributed by atoms with Crippen LogP contribution in [-0.2, 0) is 16.2 Å². The lowest BCUT2D eigenvalue weighted by Crippen LogP contribution is -2.42. The van der Waals surface area contributed by atoms with Gasteiger partial charge in [-0.05, 0) is 43.5 Å².